The molecule has 1 amide bonds. The number of rotatable bonds is 4. The Bertz CT molecular complexity index is 429. The second-order valence-electron chi connectivity index (χ2n) is 4.71. The minimum absolute atomic E-state index is 0. The fourth-order valence-electron chi connectivity index (χ4n) is 1.51. The van der Waals surface area contributed by atoms with Gasteiger partial charge in [-0.15, -0.1) is 12.4 Å². The lowest BCUT2D eigenvalue weighted by Crippen LogP contribution is -2.46. The number of amides is 1. The molecular weight excluding hydrogens is 283 g/mol. The van der Waals surface area contributed by atoms with E-state index < -0.39 is 17.3 Å². The molecular formula is C11H17ClF3N3O. The van der Waals surface area contributed by atoms with Crippen LogP contribution >= 0.6 is 12.4 Å². The van der Waals surface area contributed by atoms with Gasteiger partial charge in [0.15, 0.2) is 0 Å². The number of halogens is 4. The van der Waals surface area contributed by atoms with E-state index >= 15 is 0 Å². The van der Waals surface area contributed by atoms with Crippen molar-refractivity contribution in [1.82, 2.24) is 15.1 Å². The highest BCUT2D eigenvalue weighted by molar-refractivity contribution is 5.85. The van der Waals surface area contributed by atoms with Crippen LogP contribution in [0.1, 0.15) is 32.8 Å². The van der Waals surface area contributed by atoms with Crippen LogP contribution in [0.2, 0.25) is 0 Å². The summed E-state index contributed by atoms with van der Waals surface area (Å²) in [5, 5.41) is 6.37. The monoisotopic (exact) mass is 299 g/mol. The van der Waals surface area contributed by atoms with Crippen molar-refractivity contribution in [2.24, 2.45) is 0 Å². The summed E-state index contributed by atoms with van der Waals surface area (Å²) in [6.07, 6.45) is -2.36. The minimum atomic E-state index is -4.39. The van der Waals surface area contributed by atoms with Crippen LogP contribution in [0, 0.1) is 0 Å². The Morgan fingerprint density at radius 3 is 2.42 bits per heavy atom. The molecule has 0 saturated carbocycles. The maximum Gasteiger partial charge on any atom is 0.419 e. The number of hydrogen-bond acceptors (Lipinski definition) is 2. The van der Waals surface area contributed by atoms with Gasteiger partial charge in [0.2, 0.25) is 5.91 Å². The minimum Gasteiger partial charge on any atom is -0.349 e. The average molecular weight is 300 g/mol. The smallest absolute Gasteiger partial charge is 0.349 e. The number of aromatic nitrogens is 2. The molecule has 8 heteroatoms. The van der Waals surface area contributed by atoms with Crippen LogP contribution in [0.15, 0.2) is 12.4 Å². The Balaban J connectivity index is 0.00000324. The third kappa shape index (κ3) is 5.50. The van der Waals surface area contributed by atoms with Gasteiger partial charge < -0.3 is 5.32 Å². The predicted octanol–water partition coefficient (Wildman–Crippen LogP) is 2.63. The van der Waals surface area contributed by atoms with Gasteiger partial charge in [0, 0.05) is 12.6 Å². The highest BCUT2D eigenvalue weighted by atomic mass is 35.5. The Morgan fingerprint density at radius 2 is 2.00 bits per heavy atom. The quantitative estimate of drug-likeness (QED) is 0.929. The van der Waals surface area contributed by atoms with Gasteiger partial charge in [0.05, 0.1) is 23.8 Å². The SMILES string of the molecule is CCC(=O)NC(C)(C)Cn1cc(C(F)(F)F)cn1.Cl. The first-order chi connectivity index (χ1) is 8.14. The zero-order valence-electron chi connectivity index (χ0n) is 10.9. The highest BCUT2D eigenvalue weighted by Gasteiger charge is 2.32. The lowest BCUT2D eigenvalue weighted by atomic mass is 10.1. The standard InChI is InChI=1S/C11H16F3N3O.ClH/c1-4-9(18)16-10(2,3)7-17-6-8(5-15-17)11(12,13)14;/h5-6H,4,7H2,1-3H3,(H,16,18);1H. The van der Waals surface area contributed by atoms with Crippen molar-refractivity contribution in [3.63, 3.8) is 0 Å². The van der Waals surface area contributed by atoms with E-state index in [1.165, 1.54) is 4.68 Å². The summed E-state index contributed by atoms with van der Waals surface area (Å²) < 4.78 is 38.3. The van der Waals surface area contributed by atoms with E-state index in [9.17, 15) is 18.0 Å². The Morgan fingerprint density at radius 1 is 1.42 bits per heavy atom. The van der Waals surface area contributed by atoms with E-state index in [2.05, 4.69) is 10.4 Å². The molecule has 0 radical (unpaired) electrons. The molecule has 1 aromatic rings. The van der Waals surface area contributed by atoms with E-state index in [0.717, 1.165) is 12.4 Å². The lowest BCUT2D eigenvalue weighted by molar-refractivity contribution is -0.137. The highest BCUT2D eigenvalue weighted by Crippen LogP contribution is 2.28. The first-order valence-electron chi connectivity index (χ1n) is 5.55. The number of nitrogens with zero attached hydrogens (tertiary/aromatic N) is 2. The van der Waals surface area contributed by atoms with Crippen molar-refractivity contribution in [2.75, 3.05) is 0 Å². The average Bonchev–Trinajstić information content (AvgIpc) is 2.63. The molecule has 0 aliphatic heterocycles. The van der Waals surface area contributed by atoms with Crippen LogP contribution in [0.5, 0.6) is 0 Å². The Kier molecular flexibility index (Phi) is 5.86. The number of carbonyl (C=O) groups is 1. The van der Waals surface area contributed by atoms with Crippen LogP contribution in [-0.2, 0) is 17.5 Å². The maximum atomic E-state index is 12.4. The van der Waals surface area contributed by atoms with E-state index in [1.54, 1.807) is 20.8 Å². The molecule has 1 rings (SSSR count). The molecule has 0 unspecified atom stereocenters. The molecule has 0 spiro atoms. The fourth-order valence-corrected chi connectivity index (χ4v) is 1.51. The molecule has 0 aliphatic rings. The number of alkyl halides is 3. The van der Waals surface area contributed by atoms with Crippen molar-refractivity contribution in [1.29, 1.82) is 0 Å². The third-order valence-corrected chi connectivity index (χ3v) is 2.32. The van der Waals surface area contributed by atoms with Gasteiger partial charge in [0.1, 0.15) is 0 Å². The van der Waals surface area contributed by atoms with Crippen molar-refractivity contribution in [3.8, 4) is 0 Å². The van der Waals surface area contributed by atoms with Crippen LogP contribution < -0.4 is 5.32 Å². The molecule has 0 aromatic carbocycles. The van der Waals surface area contributed by atoms with Gasteiger partial charge in [0.25, 0.3) is 0 Å². The first kappa shape index (κ1) is 17.8. The molecule has 1 N–H and O–H groups in total. The molecule has 0 fully saturated rings. The van der Waals surface area contributed by atoms with Crippen LogP contribution in [-0.4, -0.2) is 21.2 Å². The lowest BCUT2D eigenvalue weighted by Gasteiger charge is -2.26. The van der Waals surface area contributed by atoms with E-state index in [-0.39, 0.29) is 24.9 Å². The second-order valence-corrected chi connectivity index (χ2v) is 4.71. The van der Waals surface area contributed by atoms with Crippen LogP contribution in [0.4, 0.5) is 13.2 Å². The zero-order valence-corrected chi connectivity index (χ0v) is 11.7. The number of nitrogens with one attached hydrogen (secondary N) is 1. The summed E-state index contributed by atoms with van der Waals surface area (Å²) in [7, 11) is 0. The Labute approximate surface area is 115 Å². The second kappa shape index (κ2) is 6.27. The Hall–Kier alpha value is -1.24. The molecule has 4 nitrogen and oxygen atoms in total. The summed E-state index contributed by atoms with van der Waals surface area (Å²) in [4.78, 5) is 11.3. The third-order valence-electron chi connectivity index (χ3n) is 2.32. The van der Waals surface area contributed by atoms with Crippen molar-refractivity contribution >= 4 is 18.3 Å². The molecule has 19 heavy (non-hydrogen) atoms. The van der Waals surface area contributed by atoms with Gasteiger partial charge in [-0.25, -0.2) is 0 Å². The summed E-state index contributed by atoms with van der Waals surface area (Å²) in [5.41, 5.74) is -1.44. The fraction of sp³-hybridized carbons (Fsp3) is 0.636. The predicted molar refractivity (Wildman–Crippen MR) is 67.0 cm³/mol. The van der Waals surface area contributed by atoms with E-state index in [4.69, 9.17) is 0 Å². The van der Waals surface area contributed by atoms with Crippen molar-refractivity contribution in [2.45, 2.75) is 45.5 Å². The molecule has 0 bridgehead atoms. The summed E-state index contributed by atoms with van der Waals surface area (Å²) >= 11 is 0. The maximum absolute atomic E-state index is 12.4. The molecule has 0 atom stereocenters. The molecule has 0 saturated heterocycles. The normalized spacial score (nSPS) is 11.9. The molecule has 1 aromatic heterocycles. The van der Waals surface area contributed by atoms with E-state index in [1.807, 2.05) is 0 Å². The van der Waals surface area contributed by atoms with Gasteiger partial charge in [-0.2, -0.15) is 18.3 Å². The zero-order chi connectivity index (χ0) is 14.0. The summed E-state index contributed by atoms with van der Waals surface area (Å²) in [5.74, 6) is -0.150. The number of carbonyl (C=O) groups excluding carboxylic acids is 1. The molecule has 0 aliphatic carbocycles. The van der Waals surface area contributed by atoms with Crippen LogP contribution in [0.3, 0.4) is 0 Å². The van der Waals surface area contributed by atoms with Gasteiger partial charge in [-0.05, 0) is 13.8 Å². The first-order valence-corrected chi connectivity index (χ1v) is 5.55. The summed E-state index contributed by atoms with van der Waals surface area (Å²) in [6.45, 7) is 5.35. The van der Waals surface area contributed by atoms with E-state index in [0.29, 0.717) is 6.42 Å². The summed E-state index contributed by atoms with van der Waals surface area (Å²) in [6, 6.07) is 0. The largest absolute Gasteiger partial charge is 0.419 e. The van der Waals surface area contributed by atoms with Crippen LogP contribution in [0.25, 0.3) is 0 Å². The van der Waals surface area contributed by atoms with Gasteiger partial charge >= 0.3 is 6.18 Å². The molecule has 1 heterocycles. The van der Waals surface area contributed by atoms with Crippen molar-refractivity contribution in [3.05, 3.63) is 18.0 Å². The van der Waals surface area contributed by atoms with Gasteiger partial charge in [-0.1, -0.05) is 6.92 Å². The number of hydrogen-bond donors (Lipinski definition) is 1. The topological polar surface area (TPSA) is 46.9 Å². The van der Waals surface area contributed by atoms with Crippen molar-refractivity contribution < 1.29 is 18.0 Å². The molecule has 110 valence electrons. The van der Waals surface area contributed by atoms with Gasteiger partial charge in [-0.3, -0.25) is 9.48 Å².